The van der Waals surface area contributed by atoms with Crippen LogP contribution in [0.2, 0.25) is 5.02 Å². The summed E-state index contributed by atoms with van der Waals surface area (Å²) in [6, 6.07) is 21.1. The number of rotatable bonds is 6. The molecule has 4 rings (SSSR count). The molecule has 8 heteroatoms. The SMILES string of the molecule is CCOC(=O)c1ccc(N2CCN(C(=O)c3ccccc3)CC2)c(NC(=O)c2ccccc2Cl)c1. The average Bonchev–Trinajstić information content (AvgIpc) is 2.89. The lowest BCUT2D eigenvalue weighted by atomic mass is 10.1. The van der Waals surface area contributed by atoms with Gasteiger partial charge in [-0.15, -0.1) is 0 Å². The van der Waals surface area contributed by atoms with Gasteiger partial charge in [0.1, 0.15) is 0 Å². The van der Waals surface area contributed by atoms with E-state index >= 15 is 0 Å². The minimum atomic E-state index is -0.467. The van der Waals surface area contributed by atoms with Crippen LogP contribution in [0.15, 0.2) is 72.8 Å². The summed E-state index contributed by atoms with van der Waals surface area (Å²) in [6.07, 6.45) is 0. The second-order valence-corrected chi connectivity index (χ2v) is 8.44. The molecule has 1 heterocycles. The Morgan fingerprint density at radius 2 is 1.57 bits per heavy atom. The number of nitrogens with zero attached hydrogens (tertiary/aromatic N) is 2. The number of piperazine rings is 1. The first-order valence-electron chi connectivity index (χ1n) is 11.4. The number of halogens is 1. The Balaban J connectivity index is 1.56. The fourth-order valence-corrected chi connectivity index (χ4v) is 4.22. The summed E-state index contributed by atoms with van der Waals surface area (Å²) < 4.78 is 5.13. The zero-order chi connectivity index (χ0) is 24.8. The second-order valence-electron chi connectivity index (χ2n) is 8.03. The number of benzene rings is 3. The molecule has 3 aromatic rings. The largest absolute Gasteiger partial charge is 0.462 e. The Labute approximate surface area is 209 Å². The van der Waals surface area contributed by atoms with E-state index in [1.807, 2.05) is 35.2 Å². The van der Waals surface area contributed by atoms with Crippen molar-refractivity contribution in [2.24, 2.45) is 0 Å². The van der Waals surface area contributed by atoms with Gasteiger partial charge in [-0.25, -0.2) is 4.79 Å². The zero-order valence-electron chi connectivity index (χ0n) is 19.4. The van der Waals surface area contributed by atoms with Crippen molar-refractivity contribution in [3.8, 4) is 0 Å². The number of hydrogen-bond donors (Lipinski definition) is 1. The van der Waals surface area contributed by atoms with Crippen LogP contribution in [-0.2, 0) is 4.74 Å². The summed E-state index contributed by atoms with van der Waals surface area (Å²) in [4.78, 5) is 42.0. The molecule has 0 unspecified atom stereocenters. The third-order valence-electron chi connectivity index (χ3n) is 5.80. The molecule has 1 saturated heterocycles. The van der Waals surface area contributed by atoms with Gasteiger partial charge in [0, 0.05) is 31.7 Å². The highest BCUT2D eigenvalue weighted by Crippen LogP contribution is 2.30. The normalized spacial score (nSPS) is 13.3. The van der Waals surface area contributed by atoms with E-state index in [1.165, 1.54) is 0 Å². The zero-order valence-corrected chi connectivity index (χ0v) is 20.1. The Morgan fingerprint density at radius 3 is 2.26 bits per heavy atom. The van der Waals surface area contributed by atoms with Gasteiger partial charge in [-0.3, -0.25) is 9.59 Å². The molecule has 35 heavy (non-hydrogen) atoms. The maximum absolute atomic E-state index is 13.0. The van der Waals surface area contributed by atoms with E-state index in [1.54, 1.807) is 49.4 Å². The molecule has 1 aliphatic rings. The highest BCUT2D eigenvalue weighted by atomic mass is 35.5. The van der Waals surface area contributed by atoms with Crippen molar-refractivity contribution in [1.82, 2.24) is 4.90 Å². The molecule has 2 amide bonds. The van der Waals surface area contributed by atoms with Gasteiger partial charge in [-0.1, -0.05) is 41.9 Å². The van der Waals surface area contributed by atoms with Gasteiger partial charge >= 0.3 is 5.97 Å². The number of nitrogens with one attached hydrogen (secondary N) is 1. The smallest absolute Gasteiger partial charge is 0.338 e. The summed E-state index contributed by atoms with van der Waals surface area (Å²) in [6.45, 7) is 4.21. The van der Waals surface area contributed by atoms with Crippen LogP contribution < -0.4 is 10.2 Å². The van der Waals surface area contributed by atoms with Crippen LogP contribution >= 0.6 is 11.6 Å². The number of carbonyl (C=O) groups excluding carboxylic acids is 3. The van der Waals surface area contributed by atoms with Crippen LogP contribution in [0.1, 0.15) is 38.0 Å². The lowest BCUT2D eigenvalue weighted by Gasteiger charge is -2.37. The number of anilines is 2. The Kier molecular flexibility index (Phi) is 7.67. The third-order valence-corrected chi connectivity index (χ3v) is 6.13. The van der Waals surface area contributed by atoms with E-state index < -0.39 is 5.97 Å². The van der Waals surface area contributed by atoms with Crippen LogP contribution in [0.25, 0.3) is 0 Å². The number of carbonyl (C=O) groups is 3. The van der Waals surface area contributed by atoms with E-state index in [4.69, 9.17) is 16.3 Å². The van der Waals surface area contributed by atoms with E-state index in [0.717, 1.165) is 5.69 Å². The summed E-state index contributed by atoms with van der Waals surface area (Å²) in [7, 11) is 0. The highest BCUT2D eigenvalue weighted by molar-refractivity contribution is 6.34. The van der Waals surface area contributed by atoms with Gasteiger partial charge in [-0.2, -0.15) is 0 Å². The van der Waals surface area contributed by atoms with Gasteiger partial charge in [-0.05, 0) is 49.4 Å². The molecule has 0 aromatic heterocycles. The summed E-state index contributed by atoms with van der Waals surface area (Å²) in [5.74, 6) is -0.850. The van der Waals surface area contributed by atoms with Crippen LogP contribution in [0.4, 0.5) is 11.4 Å². The molecule has 1 aliphatic heterocycles. The maximum atomic E-state index is 13.0. The van der Waals surface area contributed by atoms with Crippen LogP contribution in [0.3, 0.4) is 0 Å². The van der Waals surface area contributed by atoms with Crippen molar-refractivity contribution in [2.75, 3.05) is 43.0 Å². The number of amides is 2. The fraction of sp³-hybridized carbons (Fsp3) is 0.222. The van der Waals surface area contributed by atoms with E-state index in [-0.39, 0.29) is 18.4 Å². The minimum Gasteiger partial charge on any atom is -0.462 e. The minimum absolute atomic E-state index is 0.00449. The number of hydrogen-bond acceptors (Lipinski definition) is 5. The Morgan fingerprint density at radius 1 is 0.886 bits per heavy atom. The highest BCUT2D eigenvalue weighted by Gasteiger charge is 2.25. The van der Waals surface area contributed by atoms with Crippen LogP contribution in [0, 0.1) is 0 Å². The van der Waals surface area contributed by atoms with Gasteiger partial charge in [0.25, 0.3) is 11.8 Å². The molecule has 7 nitrogen and oxygen atoms in total. The predicted octanol–water partition coefficient (Wildman–Crippen LogP) is 4.73. The first-order chi connectivity index (χ1) is 17.0. The standard InChI is InChI=1S/C27H26ClN3O4/c1-2-35-27(34)20-12-13-24(23(18-20)29-25(32)21-10-6-7-11-22(21)28)30-14-16-31(17-15-30)26(33)19-8-4-3-5-9-19/h3-13,18H,2,14-17H2,1H3,(H,29,32). The van der Waals surface area contributed by atoms with Crippen molar-refractivity contribution in [3.05, 3.63) is 94.5 Å². The average molecular weight is 492 g/mol. The molecule has 3 aromatic carbocycles. The summed E-state index contributed by atoms with van der Waals surface area (Å²) in [5.41, 5.74) is 2.56. The van der Waals surface area contributed by atoms with E-state index in [9.17, 15) is 14.4 Å². The van der Waals surface area contributed by atoms with Gasteiger partial charge in [0.05, 0.1) is 34.1 Å². The molecule has 0 radical (unpaired) electrons. The molecule has 180 valence electrons. The lowest BCUT2D eigenvalue weighted by molar-refractivity contribution is 0.0526. The second kappa shape index (κ2) is 11.1. The monoisotopic (exact) mass is 491 g/mol. The molecule has 1 fully saturated rings. The molecule has 0 aliphatic carbocycles. The third kappa shape index (κ3) is 5.63. The first-order valence-corrected chi connectivity index (χ1v) is 11.8. The van der Waals surface area contributed by atoms with Crippen molar-refractivity contribution in [1.29, 1.82) is 0 Å². The van der Waals surface area contributed by atoms with Gasteiger partial charge in [0.2, 0.25) is 0 Å². The maximum Gasteiger partial charge on any atom is 0.338 e. The number of ether oxygens (including phenoxy) is 1. The molecular formula is C27H26ClN3O4. The quantitative estimate of drug-likeness (QED) is 0.504. The summed E-state index contributed by atoms with van der Waals surface area (Å²) in [5, 5.41) is 3.24. The summed E-state index contributed by atoms with van der Waals surface area (Å²) >= 11 is 6.21. The molecule has 0 atom stereocenters. The fourth-order valence-electron chi connectivity index (χ4n) is 4.00. The Bertz CT molecular complexity index is 1220. The van der Waals surface area contributed by atoms with E-state index in [0.29, 0.717) is 53.6 Å². The first kappa shape index (κ1) is 24.3. The van der Waals surface area contributed by atoms with Crippen molar-refractivity contribution in [2.45, 2.75) is 6.92 Å². The molecule has 0 spiro atoms. The van der Waals surface area contributed by atoms with Crippen LogP contribution in [-0.4, -0.2) is 55.5 Å². The lowest BCUT2D eigenvalue weighted by Crippen LogP contribution is -2.49. The van der Waals surface area contributed by atoms with Gasteiger partial charge < -0.3 is 19.9 Å². The van der Waals surface area contributed by atoms with Crippen LogP contribution in [0.5, 0.6) is 0 Å². The predicted molar refractivity (Wildman–Crippen MR) is 136 cm³/mol. The number of esters is 1. The molecular weight excluding hydrogens is 466 g/mol. The Hall–Kier alpha value is -3.84. The van der Waals surface area contributed by atoms with Crippen molar-refractivity contribution < 1.29 is 19.1 Å². The van der Waals surface area contributed by atoms with Crippen molar-refractivity contribution >= 4 is 40.8 Å². The molecule has 0 saturated carbocycles. The van der Waals surface area contributed by atoms with Gasteiger partial charge in [0.15, 0.2) is 0 Å². The molecule has 1 N–H and O–H groups in total. The van der Waals surface area contributed by atoms with Crippen molar-refractivity contribution in [3.63, 3.8) is 0 Å². The molecule has 0 bridgehead atoms. The topological polar surface area (TPSA) is 79.0 Å². The van der Waals surface area contributed by atoms with E-state index in [2.05, 4.69) is 10.2 Å².